The summed E-state index contributed by atoms with van der Waals surface area (Å²) in [5, 5.41) is 0.656. The summed E-state index contributed by atoms with van der Waals surface area (Å²) in [7, 11) is -3.61. The summed E-state index contributed by atoms with van der Waals surface area (Å²) in [6.07, 6.45) is 8.09. The quantitative estimate of drug-likeness (QED) is 0.672. The highest BCUT2D eigenvalue weighted by molar-refractivity contribution is 7.89. The smallest absolute Gasteiger partial charge is 0.243 e. The number of hydrogen-bond acceptors (Lipinski definition) is 4. The van der Waals surface area contributed by atoms with Crippen molar-refractivity contribution in [3.8, 4) is 0 Å². The standard InChI is InChI=1S/C15H17N3O2S/c16-13-8-9-14(15-12(13)7-4-10-17-15)21(19,20)18-11-5-2-1-3-6-11/h1-2,4,7-11,18H,3,5-6,16H2. The Bertz CT molecular complexity index is 800. The molecular weight excluding hydrogens is 286 g/mol. The number of fused-ring (bicyclic) bond motifs is 1. The highest BCUT2D eigenvalue weighted by Crippen LogP contribution is 2.26. The molecule has 0 amide bonds. The van der Waals surface area contributed by atoms with Crippen LogP contribution in [-0.4, -0.2) is 19.4 Å². The van der Waals surface area contributed by atoms with Gasteiger partial charge in [-0.1, -0.05) is 12.2 Å². The van der Waals surface area contributed by atoms with Crippen LogP contribution in [0, 0.1) is 0 Å². The van der Waals surface area contributed by atoms with Gasteiger partial charge in [-0.2, -0.15) is 0 Å². The van der Waals surface area contributed by atoms with Crippen LogP contribution in [0.3, 0.4) is 0 Å². The third kappa shape index (κ3) is 2.77. The van der Waals surface area contributed by atoms with Gasteiger partial charge in [0.15, 0.2) is 0 Å². The minimum atomic E-state index is -3.61. The number of nitrogens with zero attached hydrogens (tertiary/aromatic N) is 1. The second kappa shape index (κ2) is 5.46. The van der Waals surface area contributed by atoms with Crippen molar-refractivity contribution in [1.82, 2.24) is 9.71 Å². The third-order valence-corrected chi connectivity index (χ3v) is 5.20. The van der Waals surface area contributed by atoms with E-state index in [1.165, 1.54) is 6.07 Å². The topological polar surface area (TPSA) is 85.1 Å². The van der Waals surface area contributed by atoms with Crippen molar-refractivity contribution in [3.05, 3.63) is 42.6 Å². The van der Waals surface area contributed by atoms with Gasteiger partial charge in [-0.3, -0.25) is 4.98 Å². The van der Waals surface area contributed by atoms with E-state index in [0.29, 0.717) is 16.6 Å². The molecule has 0 aliphatic heterocycles. The fourth-order valence-electron chi connectivity index (χ4n) is 2.57. The summed E-state index contributed by atoms with van der Waals surface area (Å²) >= 11 is 0. The molecule has 0 saturated heterocycles. The number of nitrogens with one attached hydrogen (secondary N) is 1. The van der Waals surface area contributed by atoms with Crippen molar-refractivity contribution in [2.24, 2.45) is 0 Å². The van der Waals surface area contributed by atoms with E-state index in [9.17, 15) is 8.42 Å². The summed E-state index contributed by atoms with van der Waals surface area (Å²) in [5.74, 6) is 0. The lowest BCUT2D eigenvalue weighted by Crippen LogP contribution is -2.35. The van der Waals surface area contributed by atoms with Crippen LogP contribution in [0.2, 0.25) is 0 Å². The molecule has 5 nitrogen and oxygen atoms in total. The van der Waals surface area contributed by atoms with Crippen LogP contribution >= 0.6 is 0 Å². The molecule has 3 N–H and O–H groups in total. The Labute approximate surface area is 123 Å². The lowest BCUT2D eigenvalue weighted by Gasteiger charge is -2.19. The van der Waals surface area contributed by atoms with Gasteiger partial charge >= 0.3 is 0 Å². The number of anilines is 1. The lowest BCUT2D eigenvalue weighted by molar-refractivity contribution is 0.523. The first-order chi connectivity index (χ1) is 10.1. The summed E-state index contributed by atoms with van der Waals surface area (Å²) in [4.78, 5) is 4.37. The Kier molecular flexibility index (Phi) is 3.65. The molecule has 1 aromatic heterocycles. The first kappa shape index (κ1) is 14.0. The number of hydrogen-bond donors (Lipinski definition) is 2. The van der Waals surface area contributed by atoms with E-state index >= 15 is 0 Å². The Hall–Kier alpha value is -1.92. The zero-order valence-electron chi connectivity index (χ0n) is 11.5. The van der Waals surface area contributed by atoms with Crippen LogP contribution < -0.4 is 10.5 Å². The number of allylic oxidation sites excluding steroid dienone is 1. The molecule has 1 atom stereocenters. The Morgan fingerprint density at radius 1 is 1.24 bits per heavy atom. The molecule has 1 aliphatic carbocycles. The Balaban J connectivity index is 2.03. The van der Waals surface area contributed by atoms with Crippen LogP contribution in [0.5, 0.6) is 0 Å². The van der Waals surface area contributed by atoms with Crippen LogP contribution in [0.25, 0.3) is 10.9 Å². The highest BCUT2D eigenvalue weighted by Gasteiger charge is 2.23. The van der Waals surface area contributed by atoms with Gasteiger partial charge in [0, 0.05) is 23.3 Å². The maximum atomic E-state index is 12.6. The number of nitrogens with two attached hydrogens (primary N) is 1. The molecule has 1 unspecified atom stereocenters. The van der Waals surface area contributed by atoms with Gasteiger partial charge in [-0.15, -0.1) is 0 Å². The number of pyridine rings is 1. The number of sulfonamides is 1. The monoisotopic (exact) mass is 303 g/mol. The van der Waals surface area contributed by atoms with Crippen LogP contribution in [0.4, 0.5) is 5.69 Å². The summed E-state index contributed by atoms with van der Waals surface area (Å²) in [6.45, 7) is 0. The van der Waals surface area contributed by atoms with Crippen molar-refractivity contribution in [3.63, 3.8) is 0 Å². The number of nitrogen functional groups attached to an aromatic ring is 1. The first-order valence-corrected chi connectivity index (χ1v) is 8.37. The summed E-state index contributed by atoms with van der Waals surface area (Å²) in [6, 6.07) is 6.59. The number of rotatable bonds is 3. The largest absolute Gasteiger partial charge is 0.398 e. The zero-order valence-corrected chi connectivity index (χ0v) is 12.3. The van der Waals surface area contributed by atoms with Gasteiger partial charge in [0.25, 0.3) is 0 Å². The van der Waals surface area contributed by atoms with E-state index in [4.69, 9.17) is 5.73 Å². The predicted octanol–water partition coefficient (Wildman–Crippen LogP) is 2.20. The molecule has 0 spiro atoms. The molecule has 3 rings (SSSR count). The normalized spacial score (nSPS) is 19.0. The van der Waals surface area contributed by atoms with Gasteiger partial charge in [0.2, 0.25) is 10.0 Å². The molecule has 6 heteroatoms. The average molecular weight is 303 g/mol. The average Bonchev–Trinajstić information content (AvgIpc) is 2.48. The van der Waals surface area contributed by atoms with Crippen molar-refractivity contribution in [1.29, 1.82) is 0 Å². The first-order valence-electron chi connectivity index (χ1n) is 6.88. The zero-order chi connectivity index (χ0) is 14.9. The van der Waals surface area contributed by atoms with E-state index in [1.54, 1.807) is 24.4 Å². The van der Waals surface area contributed by atoms with Crippen LogP contribution in [0.1, 0.15) is 19.3 Å². The highest BCUT2D eigenvalue weighted by atomic mass is 32.2. The van der Waals surface area contributed by atoms with Crippen molar-refractivity contribution >= 4 is 26.6 Å². The summed E-state index contributed by atoms with van der Waals surface area (Å²) in [5.41, 5.74) is 6.83. The maximum absolute atomic E-state index is 12.6. The number of benzene rings is 1. The Morgan fingerprint density at radius 3 is 2.86 bits per heavy atom. The second-order valence-corrected chi connectivity index (χ2v) is 6.84. The summed E-state index contributed by atoms with van der Waals surface area (Å²) < 4.78 is 28.0. The Morgan fingerprint density at radius 2 is 2.10 bits per heavy atom. The molecule has 0 radical (unpaired) electrons. The third-order valence-electron chi connectivity index (χ3n) is 3.65. The van der Waals surface area contributed by atoms with Gasteiger partial charge in [0.1, 0.15) is 4.90 Å². The minimum Gasteiger partial charge on any atom is -0.398 e. The van der Waals surface area contributed by atoms with Gasteiger partial charge in [-0.05, 0) is 43.5 Å². The van der Waals surface area contributed by atoms with Crippen molar-refractivity contribution in [2.75, 3.05) is 5.73 Å². The lowest BCUT2D eigenvalue weighted by atomic mass is 10.0. The molecule has 2 aromatic rings. The molecule has 0 fully saturated rings. The molecule has 1 heterocycles. The van der Waals surface area contributed by atoms with E-state index in [0.717, 1.165) is 19.3 Å². The molecule has 21 heavy (non-hydrogen) atoms. The van der Waals surface area contributed by atoms with E-state index in [-0.39, 0.29) is 10.9 Å². The fourth-order valence-corrected chi connectivity index (χ4v) is 4.01. The molecule has 1 aromatic carbocycles. The second-order valence-electron chi connectivity index (χ2n) is 5.16. The van der Waals surface area contributed by atoms with Crippen LogP contribution in [-0.2, 0) is 10.0 Å². The van der Waals surface area contributed by atoms with Gasteiger partial charge in [-0.25, -0.2) is 13.1 Å². The van der Waals surface area contributed by atoms with E-state index in [2.05, 4.69) is 15.8 Å². The maximum Gasteiger partial charge on any atom is 0.243 e. The van der Waals surface area contributed by atoms with Gasteiger partial charge < -0.3 is 5.73 Å². The van der Waals surface area contributed by atoms with Gasteiger partial charge in [0.05, 0.1) is 5.52 Å². The number of aromatic nitrogens is 1. The molecule has 1 aliphatic rings. The van der Waals surface area contributed by atoms with Crippen LogP contribution in [0.15, 0.2) is 47.5 Å². The molecule has 0 saturated carbocycles. The molecular formula is C15H17N3O2S. The van der Waals surface area contributed by atoms with Crippen molar-refractivity contribution < 1.29 is 8.42 Å². The molecule has 0 bridgehead atoms. The van der Waals surface area contributed by atoms with E-state index in [1.807, 2.05) is 6.08 Å². The predicted molar refractivity (Wildman–Crippen MR) is 83.3 cm³/mol. The molecule has 110 valence electrons. The minimum absolute atomic E-state index is 0.0590. The SMILES string of the molecule is Nc1ccc(S(=O)(=O)NC2CC=CCC2)c2ncccc12. The fraction of sp³-hybridized carbons (Fsp3) is 0.267. The van der Waals surface area contributed by atoms with Crippen molar-refractivity contribution in [2.45, 2.75) is 30.2 Å². The van der Waals surface area contributed by atoms with E-state index < -0.39 is 10.0 Å².